The molecule has 0 amide bonds. The minimum Gasteiger partial charge on any atom is -0.493 e. The number of nitrogens with one attached hydrogen (secondary N) is 2. The van der Waals surface area contributed by atoms with Crippen molar-refractivity contribution in [1.82, 2.24) is 19.9 Å². The van der Waals surface area contributed by atoms with E-state index in [1.54, 1.807) is 14.2 Å². The fourth-order valence-corrected chi connectivity index (χ4v) is 3.94. The van der Waals surface area contributed by atoms with E-state index in [2.05, 4.69) is 37.4 Å². The van der Waals surface area contributed by atoms with E-state index in [0.717, 1.165) is 57.8 Å². The van der Waals surface area contributed by atoms with Gasteiger partial charge in [-0.25, -0.2) is 9.97 Å². The molecule has 4 heterocycles. The van der Waals surface area contributed by atoms with Crippen molar-refractivity contribution in [3.8, 4) is 33.8 Å². The Kier molecular flexibility index (Phi) is 6.07. The number of methoxy groups -OCH3 is 2. The van der Waals surface area contributed by atoms with E-state index in [1.165, 1.54) is 0 Å². The molecule has 0 fully saturated rings. The summed E-state index contributed by atoms with van der Waals surface area (Å²) in [6, 6.07) is 18.0. The third-order valence-electron chi connectivity index (χ3n) is 5.74. The number of hydrogen-bond donors (Lipinski definition) is 2. The molecule has 5 rings (SSSR count). The fraction of sp³-hybridized carbons (Fsp3) is 0.148. The van der Waals surface area contributed by atoms with Crippen molar-refractivity contribution in [2.45, 2.75) is 6.42 Å². The lowest BCUT2D eigenvalue weighted by atomic mass is 10.0. The summed E-state index contributed by atoms with van der Waals surface area (Å²) in [5.41, 5.74) is 5.96. The molecule has 34 heavy (non-hydrogen) atoms. The molecule has 0 saturated carbocycles. The zero-order valence-electron chi connectivity index (χ0n) is 19.1. The molecule has 0 unspecified atom stereocenters. The van der Waals surface area contributed by atoms with Crippen molar-refractivity contribution < 1.29 is 9.47 Å². The second kappa shape index (κ2) is 9.62. The summed E-state index contributed by atoms with van der Waals surface area (Å²) in [4.78, 5) is 16.8. The lowest BCUT2D eigenvalue weighted by Crippen LogP contribution is -2.06. The number of aromatic amines is 1. The highest BCUT2D eigenvalue weighted by Crippen LogP contribution is 2.35. The number of pyridine rings is 3. The summed E-state index contributed by atoms with van der Waals surface area (Å²) in [5, 5.41) is 4.39. The highest BCUT2D eigenvalue weighted by molar-refractivity contribution is 5.95. The van der Waals surface area contributed by atoms with Crippen molar-refractivity contribution in [2.24, 2.45) is 0 Å². The molecular weight excluding hydrogens is 426 g/mol. The molecule has 4 aromatic heterocycles. The molecule has 7 heteroatoms. The first-order chi connectivity index (χ1) is 16.7. The SMILES string of the molecule is COc1ccc(-c2cnc3[nH]cc(-c4ccc(NCCc5ccccn5)nc4)c3c2)cc1OC. The van der Waals surface area contributed by atoms with Crippen LogP contribution in [0, 0.1) is 0 Å². The Bertz CT molecular complexity index is 1400. The number of aromatic nitrogens is 4. The quantitative estimate of drug-likeness (QED) is 0.330. The Morgan fingerprint density at radius 2 is 1.68 bits per heavy atom. The van der Waals surface area contributed by atoms with Gasteiger partial charge < -0.3 is 19.8 Å². The van der Waals surface area contributed by atoms with E-state index in [4.69, 9.17) is 9.47 Å². The maximum absolute atomic E-state index is 5.46. The van der Waals surface area contributed by atoms with Gasteiger partial charge in [-0.2, -0.15) is 0 Å². The van der Waals surface area contributed by atoms with Crippen LogP contribution in [-0.2, 0) is 6.42 Å². The maximum Gasteiger partial charge on any atom is 0.161 e. The second-order valence-electron chi connectivity index (χ2n) is 7.82. The summed E-state index contributed by atoms with van der Waals surface area (Å²) in [7, 11) is 3.27. The molecule has 0 bridgehead atoms. The molecule has 0 saturated heterocycles. The van der Waals surface area contributed by atoms with E-state index in [-0.39, 0.29) is 0 Å². The normalized spacial score (nSPS) is 10.9. The fourth-order valence-electron chi connectivity index (χ4n) is 3.94. The van der Waals surface area contributed by atoms with Gasteiger partial charge >= 0.3 is 0 Å². The zero-order chi connectivity index (χ0) is 23.3. The molecule has 7 nitrogen and oxygen atoms in total. The predicted octanol–water partition coefficient (Wildman–Crippen LogP) is 5.36. The Morgan fingerprint density at radius 1 is 0.824 bits per heavy atom. The van der Waals surface area contributed by atoms with E-state index >= 15 is 0 Å². The summed E-state index contributed by atoms with van der Waals surface area (Å²) >= 11 is 0. The van der Waals surface area contributed by atoms with E-state index in [1.807, 2.05) is 67.3 Å². The zero-order valence-corrected chi connectivity index (χ0v) is 19.1. The van der Waals surface area contributed by atoms with Crippen LogP contribution in [0.25, 0.3) is 33.3 Å². The number of rotatable bonds is 8. The van der Waals surface area contributed by atoms with Gasteiger partial charge in [0.15, 0.2) is 11.5 Å². The maximum atomic E-state index is 5.46. The molecule has 5 aromatic rings. The Morgan fingerprint density at radius 3 is 2.44 bits per heavy atom. The third-order valence-corrected chi connectivity index (χ3v) is 5.74. The minimum atomic E-state index is 0.685. The molecule has 0 aliphatic carbocycles. The molecule has 0 aliphatic heterocycles. The number of H-pyrrole nitrogens is 1. The van der Waals surface area contributed by atoms with Crippen LogP contribution >= 0.6 is 0 Å². The molecule has 0 aliphatic rings. The predicted molar refractivity (Wildman–Crippen MR) is 134 cm³/mol. The highest BCUT2D eigenvalue weighted by atomic mass is 16.5. The smallest absolute Gasteiger partial charge is 0.161 e. The number of benzene rings is 1. The minimum absolute atomic E-state index is 0.685. The summed E-state index contributed by atoms with van der Waals surface area (Å²) in [6.07, 6.45) is 8.37. The van der Waals surface area contributed by atoms with Gasteiger partial charge in [0.1, 0.15) is 11.5 Å². The van der Waals surface area contributed by atoms with Gasteiger partial charge in [-0.1, -0.05) is 12.1 Å². The third kappa shape index (κ3) is 4.41. The molecule has 1 aromatic carbocycles. The monoisotopic (exact) mass is 451 g/mol. The van der Waals surface area contributed by atoms with Gasteiger partial charge in [0.05, 0.1) is 14.2 Å². The molecule has 0 radical (unpaired) electrons. The van der Waals surface area contributed by atoms with Crippen LogP contribution in [0.3, 0.4) is 0 Å². The standard InChI is InChI=1S/C27H25N5O2/c1-33-24-8-6-18(14-25(24)34-2)20-13-22-23(17-32-27(22)31-16-20)19-7-9-26(30-15-19)29-12-10-21-5-3-4-11-28-21/h3-9,11,13-17H,10,12H2,1-2H3,(H,29,30)(H,31,32). The molecule has 170 valence electrons. The lowest BCUT2D eigenvalue weighted by molar-refractivity contribution is 0.355. The largest absolute Gasteiger partial charge is 0.493 e. The van der Waals surface area contributed by atoms with Crippen molar-refractivity contribution in [1.29, 1.82) is 0 Å². The number of nitrogens with zero attached hydrogens (tertiary/aromatic N) is 3. The lowest BCUT2D eigenvalue weighted by Gasteiger charge is -2.10. The van der Waals surface area contributed by atoms with Crippen LogP contribution in [0.2, 0.25) is 0 Å². The summed E-state index contributed by atoms with van der Waals surface area (Å²) < 4.78 is 10.8. The number of anilines is 1. The van der Waals surface area contributed by atoms with Crippen LogP contribution in [0.1, 0.15) is 5.69 Å². The first-order valence-electron chi connectivity index (χ1n) is 11.0. The molecule has 2 N–H and O–H groups in total. The van der Waals surface area contributed by atoms with Crippen molar-refractivity contribution in [3.05, 3.63) is 85.1 Å². The average molecular weight is 452 g/mol. The van der Waals surface area contributed by atoms with Crippen LogP contribution in [-0.4, -0.2) is 40.7 Å². The molecule has 0 atom stereocenters. The number of hydrogen-bond acceptors (Lipinski definition) is 6. The summed E-state index contributed by atoms with van der Waals surface area (Å²) in [6.45, 7) is 0.773. The van der Waals surface area contributed by atoms with Crippen LogP contribution in [0.4, 0.5) is 5.82 Å². The van der Waals surface area contributed by atoms with Gasteiger partial charge in [0, 0.05) is 65.5 Å². The van der Waals surface area contributed by atoms with Crippen LogP contribution in [0.5, 0.6) is 11.5 Å². The Balaban J connectivity index is 1.36. The summed E-state index contributed by atoms with van der Waals surface area (Å²) in [5.74, 6) is 2.22. The van der Waals surface area contributed by atoms with Gasteiger partial charge in [0.25, 0.3) is 0 Å². The Hall–Kier alpha value is -4.39. The van der Waals surface area contributed by atoms with Gasteiger partial charge in [-0.3, -0.25) is 4.98 Å². The Labute approximate surface area is 197 Å². The van der Waals surface area contributed by atoms with Gasteiger partial charge in [0.2, 0.25) is 0 Å². The topological polar surface area (TPSA) is 85.0 Å². The van der Waals surface area contributed by atoms with E-state index < -0.39 is 0 Å². The van der Waals surface area contributed by atoms with Crippen molar-refractivity contribution >= 4 is 16.9 Å². The van der Waals surface area contributed by atoms with Crippen molar-refractivity contribution in [2.75, 3.05) is 26.1 Å². The second-order valence-corrected chi connectivity index (χ2v) is 7.82. The van der Waals surface area contributed by atoms with Gasteiger partial charge in [-0.15, -0.1) is 0 Å². The molecule has 0 spiro atoms. The highest BCUT2D eigenvalue weighted by Gasteiger charge is 2.12. The van der Waals surface area contributed by atoms with E-state index in [9.17, 15) is 0 Å². The first-order valence-corrected chi connectivity index (χ1v) is 11.0. The van der Waals surface area contributed by atoms with Crippen LogP contribution < -0.4 is 14.8 Å². The number of fused-ring (bicyclic) bond motifs is 1. The van der Waals surface area contributed by atoms with Crippen molar-refractivity contribution in [3.63, 3.8) is 0 Å². The van der Waals surface area contributed by atoms with E-state index in [0.29, 0.717) is 11.5 Å². The average Bonchev–Trinajstić information content (AvgIpc) is 3.32. The first kappa shape index (κ1) is 21.5. The van der Waals surface area contributed by atoms with Gasteiger partial charge in [-0.05, 0) is 48.0 Å². The number of ether oxygens (including phenoxy) is 2. The molecular formula is C27H25N5O2. The van der Waals surface area contributed by atoms with Crippen LogP contribution in [0.15, 0.2) is 79.4 Å².